The summed E-state index contributed by atoms with van der Waals surface area (Å²) in [6.07, 6.45) is 3.77. The number of aromatic nitrogens is 2. The molecule has 0 spiro atoms. The molecule has 1 fully saturated rings. The summed E-state index contributed by atoms with van der Waals surface area (Å²) in [5, 5.41) is 6.99. The van der Waals surface area contributed by atoms with Gasteiger partial charge in [-0.2, -0.15) is 4.98 Å². The fraction of sp³-hybridized carbons (Fsp3) is 0.800. The van der Waals surface area contributed by atoms with Crippen molar-refractivity contribution in [2.24, 2.45) is 0 Å². The molecule has 1 aliphatic heterocycles. The number of hydrogen-bond donors (Lipinski definition) is 1. The summed E-state index contributed by atoms with van der Waals surface area (Å²) in [6, 6.07) is 0.820. The van der Waals surface area contributed by atoms with Crippen LogP contribution in [0.3, 0.4) is 0 Å². The number of carbonyl (C=O) groups is 1. The highest BCUT2D eigenvalue weighted by molar-refractivity contribution is 5.76. The van der Waals surface area contributed by atoms with Crippen LogP contribution in [0, 0.1) is 0 Å². The molecule has 0 bridgehead atoms. The Balaban J connectivity index is 1.70. The average Bonchev–Trinajstić information content (AvgIpc) is 3.06. The molecule has 1 aromatic heterocycles. The Labute approximate surface area is 126 Å². The number of rotatable bonds is 7. The van der Waals surface area contributed by atoms with Crippen LogP contribution in [0.2, 0.25) is 0 Å². The molecule has 1 atom stereocenters. The third-order valence-electron chi connectivity index (χ3n) is 3.86. The minimum atomic E-state index is 0.0702. The van der Waals surface area contributed by atoms with Gasteiger partial charge in [0.1, 0.15) is 0 Å². The van der Waals surface area contributed by atoms with Crippen molar-refractivity contribution >= 4 is 5.91 Å². The Morgan fingerprint density at radius 1 is 1.48 bits per heavy atom. The number of likely N-dealkylation sites (tertiary alicyclic amines) is 1. The van der Waals surface area contributed by atoms with Crippen molar-refractivity contribution in [3.8, 4) is 0 Å². The zero-order valence-corrected chi connectivity index (χ0v) is 13.3. The van der Waals surface area contributed by atoms with Gasteiger partial charge in [0.15, 0.2) is 5.82 Å². The molecule has 2 heterocycles. The molecule has 2 rings (SSSR count). The Morgan fingerprint density at radius 3 is 2.95 bits per heavy atom. The molecular formula is C15H26N4O2. The summed E-state index contributed by atoms with van der Waals surface area (Å²) in [7, 11) is 0. The van der Waals surface area contributed by atoms with Gasteiger partial charge in [-0.3, -0.25) is 9.69 Å². The van der Waals surface area contributed by atoms with Crippen LogP contribution in [0.4, 0.5) is 0 Å². The first-order chi connectivity index (χ1) is 10.1. The van der Waals surface area contributed by atoms with Gasteiger partial charge in [0.2, 0.25) is 11.8 Å². The highest BCUT2D eigenvalue weighted by Crippen LogP contribution is 2.12. The van der Waals surface area contributed by atoms with Crippen LogP contribution >= 0.6 is 0 Å². The van der Waals surface area contributed by atoms with Crippen molar-refractivity contribution in [2.45, 2.75) is 65.0 Å². The molecule has 1 aromatic rings. The third-order valence-corrected chi connectivity index (χ3v) is 3.86. The summed E-state index contributed by atoms with van der Waals surface area (Å²) < 4.78 is 5.14. The lowest BCUT2D eigenvalue weighted by molar-refractivity contribution is -0.121. The lowest BCUT2D eigenvalue weighted by Gasteiger charge is -2.20. The summed E-state index contributed by atoms with van der Waals surface area (Å²) in [5.41, 5.74) is 0. The first-order valence-electron chi connectivity index (χ1n) is 7.93. The van der Waals surface area contributed by atoms with Crippen LogP contribution < -0.4 is 5.32 Å². The SMILES string of the molecule is CCCc1noc(CCC(=O)NC2CCN(C(C)C)C2)n1. The van der Waals surface area contributed by atoms with Crippen molar-refractivity contribution in [1.82, 2.24) is 20.4 Å². The van der Waals surface area contributed by atoms with Crippen LogP contribution in [-0.2, 0) is 17.6 Å². The molecule has 1 N–H and O–H groups in total. The normalized spacial score (nSPS) is 19.3. The van der Waals surface area contributed by atoms with Crippen LogP contribution in [0.25, 0.3) is 0 Å². The number of aryl methyl sites for hydroxylation is 2. The van der Waals surface area contributed by atoms with Crippen LogP contribution in [0.1, 0.15) is 51.7 Å². The van der Waals surface area contributed by atoms with E-state index in [0.717, 1.165) is 38.2 Å². The van der Waals surface area contributed by atoms with E-state index in [1.807, 2.05) is 0 Å². The standard InChI is InChI=1S/C15H26N4O2/c1-4-5-13-17-15(21-18-13)7-6-14(20)16-12-8-9-19(10-12)11(2)3/h11-12H,4-10H2,1-3H3,(H,16,20). The van der Waals surface area contributed by atoms with E-state index < -0.39 is 0 Å². The second kappa shape index (κ2) is 7.54. The molecule has 0 radical (unpaired) electrons. The van der Waals surface area contributed by atoms with E-state index in [1.54, 1.807) is 0 Å². The van der Waals surface area contributed by atoms with Gasteiger partial charge in [-0.25, -0.2) is 0 Å². The summed E-state index contributed by atoms with van der Waals surface area (Å²) in [5.74, 6) is 1.36. The fourth-order valence-electron chi connectivity index (χ4n) is 2.61. The van der Waals surface area contributed by atoms with E-state index in [9.17, 15) is 4.79 Å². The number of hydrogen-bond acceptors (Lipinski definition) is 5. The van der Waals surface area contributed by atoms with Gasteiger partial charge in [-0.05, 0) is 26.7 Å². The van der Waals surface area contributed by atoms with E-state index in [2.05, 4.69) is 41.1 Å². The lowest BCUT2D eigenvalue weighted by atomic mass is 10.2. The van der Waals surface area contributed by atoms with E-state index >= 15 is 0 Å². The predicted molar refractivity (Wildman–Crippen MR) is 79.9 cm³/mol. The van der Waals surface area contributed by atoms with E-state index in [4.69, 9.17) is 4.52 Å². The van der Waals surface area contributed by atoms with E-state index in [0.29, 0.717) is 24.8 Å². The summed E-state index contributed by atoms with van der Waals surface area (Å²) in [6.45, 7) is 8.46. The Hall–Kier alpha value is -1.43. The van der Waals surface area contributed by atoms with Gasteiger partial charge in [-0.1, -0.05) is 12.1 Å². The van der Waals surface area contributed by atoms with Gasteiger partial charge in [-0.15, -0.1) is 0 Å². The van der Waals surface area contributed by atoms with Crippen molar-refractivity contribution in [3.05, 3.63) is 11.7 Å². The maximum absolute atomic E-state index is 12.0. The molecular weight excluding hydrogens is 268 g/mol. The molecule has 6 nitrogen and oxygen atoms in total. The van der Waals surface area contributed by atoms with E-state index in [-0.39, 0.29) is 11.9 Å². The second-order valence-electron chi connectivity index (χ2n) is 6.00. The van der Waals surface area contributed by atoms with Gasteiger partial charge >= 0.3 is 0 Å². The molecule has 1 saturated heterocycles. The van der Waals surface area contributed by atoms with Crippen molar-refractivity contribution < 1.29 is 9.32 Å². The molecule has 1 unspecified atom stereocenters. The lowest BCUT2D eigenvalue weighted by Crippen LogP contribution is -2.38. The Bertz CT molecular complexity index is 458. The number of carbonyl (C=O) groups excluding carboxylic acids is 1. The maximum Gasteiger partial charge on any atom is 0.227 e. The second-order valence-corrected chi connectivity index (χ2v) is 6.00. The molecule has 118 valence electrons. The quantitative estimate of drug-likeness (QED) is 0.826. The Kier molecular flexibility index (Phi) is 5.73. The Morgan fingerprint density at radius 2 is 2.29 bits per heavy atom. The highest BCUT2D eigenvalue weighted by atomic mass is 16.5. The zero-order valence-electron chi connectivity index (χ0n) is 13.3. The average molecular weight is 294 g/mol. The molecule has 1 amide bonds. The topological polar surface area (TPSA) is 71.3 Å². The van der Waals surface area contributed by atoms with Crippen molar-refractivity contribution in [1.29, 1.82) is 0 Å². The van der Waals surface area contributed by atoms with Crippen LogP contribution in [0.15, 0.2) is 4.52 Å². The van der Waals surface area contributed by atoms with Gasteiger partial charge in [0.05, 0.1) is 0 Å². The first kappa shape index (κ1) is 15.9. The number of nitrogens with zero attached hydrogens (tertiary/aromatic N) is 3. The monoisotopic (exact) mass is 294 g/mol. The largest absolute Gasteiger partial charge is 0.352 e. The van der Waals surface area contributed by atoms with Gasteiger partial charge in [0, 0.05) is 44.4 Å². The van der Waals surface area contributed by atoms with Crippen LogP contribution in [0.5, 0.6) is 0 Å². The van der Waals surface area contributed by atoms with Crippen molar-refractivity contribution in [2.75, 3.05) is 13.1 Å². The smallest absolute Gasteiger partial charge is 0.227 e. The molecule has 0 aliphatic carbocycles. The highest BCUT2D eigenvalue weighted by Gasteiger charge is 2.25. The maximum atomic E-state index is 12.0. The van der Waals surface area contributed by atoms with Gasteiger partial charge in [0.25, 0.3) is 0 Å². The molecule has 0 saturated carbocycles. The molecule has 0 aromatic carbocycles. The number of nitrogens with one attached hydrogen (secondary N) is 1. The summed E-state index contributed by atoms with van der Waals surface area (Å²) in [4.78, 5) is 18.6. The molecule has 21 heavy (non-hydrogen) atoms. The number of amides is 1. The van der Waals surface area contributed by atoms with Gasteiger partial charge < -0.3 is 9.84 Å². The predicted octanol–water partition coefficient (Wildman–Crippen LogP) is 1.55. The first-order valence-corrected chi connectivity index (χ1v) is 7.93. The van der Waals surface area contributed by atoms with Crippen LogP contribution in [-0.4, -0.2) is 46.1 Å². The molecule has 1 aliphatic rings. The van der Waals surface area contributed by atoms with Crippen molar-refractivity contribution in [3.63, 3.8) is 0 Å². The minimum absolute atomic E-state index is 0.0702. The fourth-order valence-corrected chi connectivity index (χ4v) is 2.61. The molecule has 6 heteroatoms. The van der Waals surface area contributed by atoms with E-state index in [1.165, 1.54) is 0 Å². The third kappa shape index (κ3) is 4.81. The minimum Gasteiger partial charge on any atom is -0.352 e. The zero-order chi connectivity index (χ0) is 15.2. The summed E-state index contributed by atoms with van der Waals surface area (Å²) >= 11 is 0.